The molecule has 1 saturated heterocycles. The molecule has 0 amide bonds. The zero-order valence-corrected chi connectivity index (χ0v) is 9.00. The van der Waals surface area contributed by atoms with Crippen molar-refractivity contribution in [3.05, 3.63) is 29.8 Å². The molecule has 0 aliphatic carbocycles. The fourth-order valence-electron chi connectivity index (χ4n) is 2.10. The zero-order chi connectivity index (χ0) is 11.6. The highest BCUT2D eigenvalue weighted by Gasteiger charge is 2.34. The summed E-state index contributed by atoms with van der Waals surface area (Å²) in [6.07, 6.45) is 2.08. The van der Waals surface area contributed by atoms with E-state index in [2.05, 4.69) is 0 Å². The summed E-state index contributed by atoms with van der Waals surface area (Å²) in [5, 5.41) is 8.75. The van der Waals surface area contributed by atoms with Crippen LogP contribution in [0.1, 0.15) is 18.4 Å². The van der Waals surface area contributed by atoms with Gasteiger partial charge < -0.3 is 10.0 Å². The Morgan fingerprint density at radius 1 is 1.19 bits per heavy atom. The minimum atomic E-state index is -3.15. The summed E-state index contributed by atoms with van der Waals surface area (Å²) in [6, 6.07) is 6.43. The number of rotatable bonds is 3. The Kier molecular flexibility index (Phi) is 3.10. The number of nitrogens with zero attached hydrogens (tertiary/aromatic N) is 1. The number of aliphatic hydroxyl groups excluding tert-OH is 1. The van der Waals surface area contributed by atoms with Crippen LogP contribution in [0.5, 0.6) is 0 Å². The standard InChI is InChI=1S/C12H15F2NO/c13-12(14,9-16)10-5-1-2-6-11(10)15-7-3-4-8-15/h1-2,5-6,16H,3-4,7-9H2. The predicted molar refractivity (Wildman–Crippen MR) is 58.9 cm³/mol. The maximum atomic E-state index is 13.5. The molecule has 16 heavy (non-hydrogen) atoms. The summed E-state index contributed by atoms with van der Waals surface area (Å²) < 4.78 is 27.0. The normalized spacial score (nSPS) is 16.8. The first-order valence-corrected chi connectivity index (χ1v) is 5.48. The van der Waals surface area contributed by atoms with E-state index in [0.29, 0.717) is 5.69 Å². The van der Waals surface area contributed by atoms with Crippen molar-refractivity contribution in [2.24, 2.45) is 0 Å². The van der Waals surface area contributed by atoms with Crippen LogP contribution in [0.3, 0.4) is 0 Å². The van der Waals surface area contributed by atoms with E-state index in [4.69, 9.17) is 5.11 Å². The topological polar surface area (TPSA) is 23.5 Å². The molecule has 1 aliphatic rings. The smallest absolute Gasteiger partial charge is 0.297 e. The molecule has 1 aromatic rings. The first-order chi connectivity index (χ1) is 7.65. The van der Waals surface area contributed by atoms with E-state index in [0.717, 1.165) is 25.9 Å². The third-order valence-corrected chi connectivity index (χ3v) is 2.94. The van der Waals surface area contributed by atoms with E-state index in [1.807, 2.05) is 4.90 Å². The van der Waals surface area contributed by atoms with Crippen LogP contribution in [0, 0.1) is 0 Å². The first kappa shape index (κ1) is 11.3. The number of hydrogen-bond donors (Lipinski definition) is 1. The van der Waals surface area contributed by atoms with E-state index >= 15 is 0 Å². The molecular formula is C12H15F2NO. The second kappa shape index (κ2) is 4.37. The van der Waals surface area contributed by atoms with E-state index in [-0.39, 0.29) is 5.56 Å². The lowest BCUT2D eigenvalue weighted by molar-refractivity contribution is -0.0551. The quantitative estimate of drug-likeness (QED) is 0.857. The number of halogens is 2. The Bertz CT molecular complexity index is 362. The van der Waals surface area contributed by atoms with Crippen LogP contribution in [0.25, 0.3) is 0 Å². The van der Waals surface area contributed by atoms with Gasteiger partial charge in [-0.3, -0.25) is 0 Å². The molecule has 0 aromatic heterocycles. The molecule has 1 aliphatic heterocycles. The van der Waals surface area contributed by atoms with Crippen molar-refractivity contribution in [1.29, 1.82) is 0 Å². The largest absolute Gasteiger partial charge is 0.390 e. The highest BCUT2D eigenvalue weighted by atomic mass is 19.3. The van der Waals surface area contributed by atoms with E-state index < -0.39 is 12.5 Å². The van der Waals surface area contributed by atoms with Crippen molar-refractivity contribution < 1.29 is 13.9 Å². The van der Waals surface area contributed by atoms with Gasteiger partial charge in [0.15, 0.2) is 0 Å². The average Bonchev–Trinajstić information content (AvgIpc) is 2.82. The van der Waals surface area contributed by atoms with Gasteiger partial charge in [-0.15, -0.1) is 0 Å². The highest BCUT2D eigenvalue weighted by Crippen LogP contribution is 2.36. The van der Waals surface area contributed by atoms with Gasteiger partial charge in [-0.1, -0.05) is 18.2 Å². The van der Waals surface area contributed by atoms with Crippen LogP contribution >= 0.6 is 0 Å². The second-order valence-corrected chi connectivity index (χ2v) is 4.07. The van der Waals surface area contributed by atoms with Gasteiger partial charge in [-0.05, 0) is 18.9 Å². The third-order valence-electron chi connectivity index (χ3n) is 2.94. The van der Waals surface area contributed by atoms with Crippen LogP contribution in [0.4, 0.5) is 14.5 Å². The number of benzene rings is 1. The van der Waals surface area contributed by atoms with Crippen molar-refractivity contribution in [3.63, 3.8) is 0 Å². The SMILES string of the molecule is OCC(F)(F)c1ccccc1N1CCCC1. The molecule has 2 nitrogen and oxygen atoms in total. The van der Waals surface area contributed by atoms with Gasteiger partial charge >= 0.3 is 0 Å². The molecule has 1 fully saturated rings. The molecule has 0 spiro atoms. The van der Waals surface area contributed by atoms with Crippen molar-refractivity contribution in [2.75, 3.05) is 24.6 Å². The fourth-order valence-corrected chi connectivity index (χ4v) is 2.10. The van der Waals surface area contributed by atoms with Gasteiger partial charge in [0, 0.05) is 24.3 Å². The second-order valence-electron chi connectivity index (χ2n) is 4.07. The van der Waals surface area contributed by atoms with Crippen molar-refractivity contribution in [2.45, 2.75) is 18.8 Å². The Morgan fingerprint density at radius 3 is 2.44 bits per heavy atom. The lowest BCUT2D eigenvalue weighted by atomic mass is 10.1. The maximum Gasteiger partial charge on any atom is 0.297 e. The van der Waals surface area contributed by atoms with E-state index in [1.165, 1.54) is 6.07 Å². The zero-order valence-electron chi connectivity index (χ0n) is 9.00. The molecule has 0 atom stereocenters. The summed E-state index contributed by atoms with van der Waals surface area (Å²) >= 11 is 0. The average molecular weight is 227 g/mol. The summed E-state index contributed by atoms with van der Waals surface area (Å²) in [5.74, 6) is -3.15. The van der Waals surface area contributed by atoms with Crippen LogP contribution in [-0.2, 0) is 5.92 Å². The molecule has 4 heteroatoms. The van der Waals surface area contributed by atoms with Gasteiger partial charge in [-0.2, -0.15) is 8.78 Å². The van der Waals surface area contributed by atoms with E-state index in [9.17, 15) is 8.78 Å². The Morgan fingerprint density at radius 2 is 1.81 bits per heavy atom. The lowest BCUT2D eigenvalue weighted by Crippen LogP contribution is -2.25. The van der Waals surface area contributed by atoms with Crippen LogP contribution in [0.2, 0.25) is 0 Å². The molecule has 0 bridgehead atoms. The van der Waals surface area contributed by atoms with Crippen molar-refractivity contribution >= 4 is 5.69 Å². The van der Waals surface area contributed by atoms with Gasteiger partial charge in [0.25, 0.3) is 5.92 Å². The van der Waals surface area contributed by atoms with Crippen molar-refractivity contribution in [3.8, 4) is 0 Å². The van der Waals surface area contributed by atoms with Gasteiger partial charge in [0.05, 0.1) is 0 Å². The number of alkyl halides is 2. The number of aliphatic hydroxyl groups is 1. The summed E-state index contributed by atoms with van der Waals surface area (Å²) in [5.41, 5.74) is 0.485. The van der Waals surface area contributed by atoms with Crippen LogP contribution < -0.4 is 4.90 Å². The Balaban J connectivity index is 2.37. The minimum absolute atomic E-state index is 0.0700. The Hall–Kier alpha value is -1.16. The summed E-state index contributed by atoms with van der Waals surface area (Å²) in [4.78, 5) is 1.96. The van der Waals surface area contributed by atoms with Crippen LogP contribution in [-0.4, -0.2) is 24.8 Å². The third kappa shape index (κ3) is 2.02. The molecule has 0 unspecified atom stereocenters. The lowest BCUT2D eigenvalue weighted by Gasteiger charge is -2.24. The molecule has 0 saturated carbocycles. The van der Waals surface area contributed by atoms with Crippen molar-refractivity contribution in [1.82, 2.24) is 0 Å². The number of anilines is 1. The molecule has 1 N–H and O–H groups in total. The first-order valence-electron chi connectivity index (χ1n) is 5.48. The molecule has 1 aromatic carbocycles. The molecule has 1 heterocycles. The molecule has 2 rings (SSSR count). The maximum absolute atomic E-state index is 13.5. The summed E-state index contributed by atoms with van der Waals surface area (Å²) in [7, 11) is 0. The number of hydrogen-bond acceptors (Lipinski definition) is 2. The fraction of sp³-hybridized carbons (Fsp3) is 0.500. The number of para-hydroxylation sites is 1. The molecule has 0 radical (unpaired) electrons. The highest BCUT2D eigenvalue weighted by molar-refractivity contribution is 5.56. The van der Waals surface area contributed by atoms with E-state index in [1.54, 1.807) is 18.2 Å². The Labute approximate surface area is 93.5 Å². The summed E-state index contributed by atoms with van der Waals surface area (Å²) in [6.45, 7) is 0.495. The predicted octanol–water partition coefficient (Wildman–Crippen LogP) is 2.37. The van der Waals surface area contributed by atoms with Gasteiger partial charge in [0.1, 0.15) is 6.61 Å². The monoisotopic (exact) mass is 227 g/mol. The van der Waals surface area contributed by atoms with Gasteiger partial charge in [-0.25, -0.2) is 0 Å². The molecule has 88 valence electrons. The molecular weight excluding hydrogens is 212 g/mol. The van der Waals surface area contributed by atoms with Crippen LogP contribution in [0.15, 0.2) is 24.3 Å². The minimum Gasteiger partial charge on any atom is -0.390 e. The van der Waals surface area contributed by atoms with Gasteiger partial charge in [0.2, 0.25) is 0 Å².